The van der Waals surface area contributed by atoms with Gasteiger partial charge in [0.05, 0.1) is 12.6 Å². The molecule has 0 spiro atoms. The van der Waals surface area contributed by atoms with E-state index in [9.17, 15) is 10.1 Å². The van der Waals surface area contributed by atoms with Crippen LogP contribution in [-0.2, 0) is 4.79 Å². The van der Waals surface area contributed by atoms with E-state index in [2.05, 4.69) is 30.1 Å². The molecule has 5 atom stereocenters. The Labute approximate surface area is 149 Å². The van der Waals surface area contributed by atoms with Crippen molar-refractivity contribution in [1.82, 2.24) is 10.2 Å². The molecule has 5 fully saturated rings. The molecule has 4 bridgehead atoms. The summed E-state index contributed by atoms with van der Waals surface area (Å²) in [5.41, 5.74) is 0.157. The van der Waals surface area contributed by atoms with Crippen molar-refractivity contribution in [3.8, 4) is 6.07 Å². The number of thioether (sulfide) groups is 1. The van der Waals surface area contributed by atoms with Crippen LogP contribution in [0.25, 0.3) is 0 Å². The Hall–Kier alpha value is -0.730. The second-order valence-corrected chi connectivity index (χ2v) is 10.1. The smallest absolute Gasteiger partial charge is 0.237 e. The number of amides is 1. The number of rotatable bonds is 5. The van der Waals surface area contributed by atoms with E-state index in [1.165, 1.54) is 38.5 Å². The molecule has 5 rings (SSSR count). The Morgan fingerprint density at radius 1 is 1.33 bits per heavy atom. The number of nitrogens with zero attached hydrogens (tertiary/aromatic N) is 2. The molecule has 0 aromatic rings. The number of hydrogen-bond donors (Lipinski definition) is 1. The van der Waals surface area contributed by atoms with Crippen LogP contribution in [0.2, 0.25) is 0 Å². The molecule has 24 heavy (non-hydrogen) atoms. The third-order valence-electron chi connectivity index (χ3n) is 6.75. The third-order valence-corrected chi connectivity index (χ3v) is 8.05. The summed E-state index contributed by atoms with van der Waals surface area (Å²) >= 11 is 2.06. The fraction of sp³-hybridized carbons (Fsp3) is 0.842. The average Bonchev–Trinajstić information content (AvgIpc) is 3.00. The van der Waals surface area contributed by atoms with Gasteiger partial charge in [0.1, 0.15) is 6.04 Å². The largest absolute Gasteiger partial charge is 0.326 e. The van der Waals surface area contributed by atoms with Gasteiger partial charge in [-0.15, -0.1) is 0 Å². The maximum Gasteiger partial charge on any atom is 0.237 e. The molecule has 4 saturated carbocycles. The molecule has 1 heterocycles. The Morgan fingerprint density at radius 2 is 2.08 bits per heavy atom. The minimum Gasteiger partial charge on any atom is -0.326 e. The molecule has 4 aliphatic carbocycles. The summed E-state index contributed by atoms with van der Waals surface area (Å²) in [6.07, 6.45) is 9.55. The number of likely N-dealkylation sites (tertiary alicyclic amines) is 1. The SMILES string of the molecule is [CH2]CSC12CC3C[C@@H](CC(NCC(=O)N4CCC[C@H]4C#N)(C3)C1)C2. The number of hydrogen-bond acceptors (Lipinski definition) is 4. The normalized spacial score (nSPS) is 43.2. The molecule has 5 aliphatic rings. The van der Waals surface area contributed by atoms with Crippen LogP contribution in [-0.4, -0.2) is 46.0 Å². The van der Waals surface area contributed by atoms with Crippen LogP contribution < -0.4 is 5.32 Å². The molecular formula is C19H28N3OS. The van der Waals surface area contributed by atoms with Crippen molar-refractivity contribution in [2.75, 3.05) is 18.8 Å². The van der Waals surface area contributed by atoms with Gasteiger partial charge in [-0.05, 0) is 75.9 Å². The Balaban J connectivity index is 1.43. The highest BCUT2D eigenvalue weighted by atomic mass is 32.2. The number of carbonyl (C=O) groups excluding carboxylic acids is 1. The van der Waals surface area contributed by atoms with Crippen molar-refractivity contribution >= 4 is 17.7 Å². The zero-order valence-corrected chi connectivity index (χ0v) is 15.2. The lowest BCUT2D eigenvalue weighted by molar-refractivity contribution is -0.131. The van der Waals surface area contributed by atoms with Crippen molar-refractivity contribution in [3.05, 3.63) is 6.92 Å². The lowest BCUT2D eigenvalue weighted by Gasteiger charge is -2.62. The van der Waals surface area contributed by atoms with E-state index in [0.29, 0.717) is 11.3 Å². The maximum absolute atomic E-state index is 12.6. The van der Waals surface area contributed by atoms with Gasteiger partial charge in [0.15, 0.2) is 0 Å². The maximum atomic E-state index is 12.6. The Kier molecular flexibility index (Phi) is 4.33. The number of nitriles is 1. The summed E-state index contributed by atoms with van der Waals surface area (Å²) < 4.78 is 0.407. The van der Waals surface area contributed by atoms with Gasteiger partial charge in [-0.3, -0.25) is 4.79 Å². The van der Waals surface area contributed by atoms with Crippen molar-refractivity contribution < 1.29 is 4.79 Å². The van der Waals surface area contributed by atoms with E-state index in [0.717, 1.165) is 37.0 Å². The van der Waals surface area contributed by atoms with Crippen LogP contribution in [0.1, 0.15) is 51.4 Å². The van der Waals surface area contributed by atoms with Gasteiger partial charge >= 0.3 is 0 Å². The van der Waals surface area contributed by atoms with Crippen molar-refractivity contribution in [2.24, 2.45) is 11.8 Å². The summed E-state index contributed by atoms with van der Waals surface area (Å²) in [7, 11) is 0. The molecule has 4 nitrogen and oxygen atoms in total. The lowest BCUT2D eigenvalue weighted by atomic mass is 9.52. The molecule has 3 unspecified atom stereocenters. The molecule has 1 radical (unpaired) electrons. The summed E-state index contributed by atoms with van der Waals surface area (Å²) in [4.78, 5) is 14.4. The second kappa shape index (κ2) is 6.21. The highest BCUT2D eigenvalue weighted by Crippen LogP contribution is 2.62. The van der Waals surface area contributed by atoms with Crippen molar-refractivity contribution in [3.63, 3.8) is 0 Å². The molecular weight excluding hydrogens is 318 g/mol. The molecule has 131 valence electrons. The van der Waals surface area contributed by atoms with E-state index >= 15 is 0 Å². The van der Waals surface area contributed by atoms with Crippen LogP contribution in [0.5, 0.6) is 0 Å². The first-order valence-electron chi connectivity index (χ1n) is 9.44. The predicted molar refractivity (Wildman–Crippen MR) is 96.3 cm³/mol. The molecule has 1 saturated heterocycles. The van der Waals surface area contributed by atoms with Gasteiger partial charge in [-0.1, -0.05) is 0 Å². The highest BCUT2D eigenvalue weighted by molar-refractivity contribution is 8.00. The van der Waals surface area contributed by atoms with Gasteiger partial charge in [0.25, 0.3) is 0 Å². The minimum absolute atomic E-state index is 0.119. The van der Waals surface area contributed by atoms with E-state index < -0.39 is 0 Å². The van der Waals surface area contributed by atoms with Gasteiger partial charge in [-0.2, -0.15) is 17.0 Å². The topological polar surface area (TPSA) is 56.1 Å². The van der Waals surface area contributed by atoms with E-state index in [1.807, 2.05) is 0 Å². The summed E-state index contributed by atoms with van der Waals surface area (Å²) in [6, 6.07) is 2.07. The molecule has 0 aromatic heterocycles. The highest BCUT2D eigenvalue weighted by Gasteiger charge is 2.57. The molecule has 1 N–H and O–H groups in total. The Bertz CT molecular complexity index is 543. The van der Waals surface area contributed by atoms with Gasteiger partial charge in [-0.25, -0.2) is 0 Å². The Morgan fingerprint density at radius 3 is 2.75 bits per heavy atom. The monoisotopic (exact) mass is 346 g/mol. The molecule has 1 amide bonds. The first-order chi connectivity index (χ1) is 11.6. The standard InChI is InChI=1S/C19H28N3OS/c1-2-24-19-9-14-6-15(10-19)8-18(7-14,13-19)21-12-17(23)22-5-3-4-16(22)11-20/h14-16,21H,1-10,12-13H2/t14-,15?,16-,18?,19?/m0/s1. The fourth-order valence-corrected chi connectivity index (χ4v) is 7.85. The van der Waals surface area contributed by atoms with Crippen LogP contribution >= 0.6 is 11.8 Å². The van der Waals surface area contributed by atoms with Crippen LogP contribution in [0.15, 0.2) is 0 Å². The average molecular weight is 347 g/mol. The molecule has 0 aromatic carbocycles. The van der Waals surface area contributed by atoms with Crippen molar-refractivity contribution in [1.29, 1.82) is 5.26 Å². The molecule has 1 aliphatic heterocycles. The van der Waals surface area contributed by atoms with Gasteiger partial charge in [0.2, 0.25) is 5.91 Å². The van der Waals surface area contributed by atoms with Crippen LogP contribution in [0, 0.1) is 30.1 Å². The van der Waals surface area contributed by atoms with Crippen LogP contribution in [0.3, 0.4) is 0 Å². The number of carbonyl (C=O) groups is 1. The quantitative estimate of drug-likeness (QED) is 0.832. The first-order valence-corrected chi connectivity index (χ1v) is 10.4. The van der Waals surface area contributed by atoms with Crippen molar-refractivity contribution in [2.45, 2.75) is 67.7 Å². The third kappa shape index (κ3) is 2.86. The lowest BCUT2D eigenvalue weighted by Crippen LogP contribution is -2.64. The van der Waals surface area contributed by atoms with Gasteiger partial charge in [0, 0.05) is 16.8 Å². The fourth-order valence-electron chi connectivity index (χ4n) is 6.33. The number of nitrogens with one attached hydrogen (secondary N) is 1. The first kappa shape index (κ1) is 16.7. The summed E-state index contributed by atoms with van der Waals surface area (Å²) in [5.74, 6) is 2.72. The zero-order valence-electron chi connectivity index (χ0n) is 14.4. The van der Waals surface area contributed by atoms with Gasteiger partial charge < -0.3 is 10.2 Å². The minimum atomic E-state index is -0.205. The summed E-state index contributed by atoms with van der Waals surface area (Å²) in [5, 5.41) is 12.9. The van der Waals surface area contributed by atoms with E-state index in [1.54, 1.807) is 4.90 Å². The van der Waals surface area contributed by atoms with Crippen LogP contribution in [0.4, 0.5) is 0 Å². The summed E-state index contributed by atoms with van der Waals surface area (Å²) in [6.45, 7) is 5.23. The predicted octanol–water partition coefficient (Wildman–Crippen LogP) is 2.75. The molecule has 5 heteroatoms. The second-order valence-electron chi connectivity index (χ2n) is 8.50. The van der Waals surface area contributed by atoms with E-state index in [4.69, 9.17) is 0 Å². The van der Waals surface area contributed by atoms with E-state index in [-0.39, 0.29) is 17.5 Å². The zero-order chi connectivity index (χ0) is 16.8.